The average Bonchev–Trinajstić information content (AvgIpc) is 2.02. The SMILES string of the molecule is CC(=O)OCC(C)C.CCC(=O)O. The Morgan fingerprint density at radius 3 is 1.85 bits per heavy atom. The van der Waals surface area contributed by atoms with Gasteiger partial charge in [0.25, 0.3) is 0 Å². The molecule has 78 valence electrons. The fraction of sp³-hybridized carbons (Fsp3) is 0.778. The van der Waals surface area contributed by atoms with Gasteiger partial charge >= 0.3 is 11.9 Å². The summed E-state index contributed by atoms with van der Waals surface area (Å²) < 4.78 is 4.66. The van der Waals surface area contributed by atoms with Gasteiger partial charge in [-0.15, -0.1) is 0 Å². The molecule has 0 saturated carbocycles. The number of hydrogen-bond donors (Lipinski definition) is 1. The molecule has 0 radical (unpaired) electrons. The lowest BCUT2D eigenvalue weighted by Gasteiger charge is -2.02. The molecule has 0 aliphatic rings. The molecule has 0 spiro atoms. The minimum absolute atomic E-state index is 0.196. The number of carbonyl (C=O) groups excluding carboxylic acids is 1. The van der Waals surface area contributed by atoms with Gasteiger partial charge in [0.05, 0.1) is 6.61 Å². The molecular weight excluding hydrogens is 172 g/mol. The van der Waals surface area contributed by atoms with E-state index in [0.29, 0.717) is 12.5 Å². The monoisotopic (exact) mass is 190 g/mol. The zero-order valence-corrected chi connectivity index (χ0v) is 8.66. The first kappa shape index (κ1) is 14.5. The Hall–Kier alpha value is -1.06. The molecule has 0 bridgehead atoms. The fourth-order valence-electron chi connectivity index (χ4n) is 0.284. The maximum Gasteiger partial charge on any atom is 0.303 e. The zero-order chi connectivity index (χ0) is 10.9. The van der Waals surface area contributed by atoms with Crippen molar-refractivity contribution in [1.29, 1.82) is 0 Å². The highest BCUT2D eigenvalue weighted by atomic mass is 16.5. The summed E-state index contributed by atoms with van der Waals surface area (Å²) in [5.41, 5.74) is 0. The van der Waals surface area contributed by atoms with Gasteiger partial charge in [-0.1, -0.05) is 20.8 Å². The second-order valence-corrected chi connectivity index (χ2v) is 2.94. The summed E-state index contributed by atoms with van der Waals surface area (Å²) in [5.74, 6) is -0.498. The second-order valence-electron chi connectivity index (χ2n) is 2.94. The number of carboxylic acids is 1. The highest BCUT2D eigenvalue weighted by molar-refractivity contribution is 5.66. The summed E-state index contributed by atoms with van der Waals surface area (Å²) in [6.45, 7) is 7.56. The van der Waals surface area contributed by atoms with E-state index in [1.165, 1.54) is 6.92 Å². The predicted octanol–water partition coefficient (Wildman–Crippen LogP) is 1.69. The van der Waals surface area contributed by atoms with Crippen LogP contribution in [0.1, 0.15) is 34.1 Å². The van der Waals surface area contributed by atoms with Crippen LogP contribution < -0.4 is 0 Å². The Bertz CT molecular complexity index is 152. The summed E-state index contributed by atoms with van der Waals surface area (Å²) >= 11 is 0. The van der Waals surface area contributed by atoms with Crippen molar-refractivity contribution in [2.24, 2.45) is 5.92 Å². The molecule has 0 aliphatic carbocycles. The van der Waals surface area contributed by atoms with E-state index in [0.717, 1.165) is 0 Å². The highest BCUT2D eigenvalue weighted by Crippen LogP contribution is 1.91. The minimum atomic E-state index is -0.745. The lowest BCUT2D eigenvalue weighted by molar-refractivity contribution is -0.142. The Morgan fingerprint density at radius 2 is 1.77 bits per heavy atom. The molecule has 0 fully saturated rings. The van der Waals surface area contributed by atoms with E-state index in [2.05, 4.69) is 4.74 Å². The van der Waals surface area contributed by atoms with Crippen LogP contribution in [-0.2, 0) is 14.3 Å². The van der Waals surface area contributed by atoms with Crippen molar-refractivity contribution < 1.29 is 19.4 Å². The van der Waals surface area contributed by atoms with Crippen molar-refractivity contribution >= 4 is 11.9 Å². The van der Waals surface area contributed by atoms with E-state index in [1.54, 1.807) is 6.92 Å². The predicted molar refractivity (Wildman–Crippen MR) is 49.4 cm³/mol. The Kier molecular flexibility index (Phi) is 10.0. The van der Waals surface area contributed by atoms with E-state index >= 15 is 0 Å². The van der Waals surface area contributed by atoms with E-state index in [1.807, 2.05) is 13.8 Å². The number of rotatable bonds is 3. The van der Waals surface area contributed by atoms with Crippen LogP contribution in [0.15, 0.2) is 0 Å². The molecule has 0 saturated heterocycles. The van der Waals surface area contributed by atoms with E-state index in [9.17, 15) is 9.59 Å². The van der Waals surface area contributed by atoms with Crippen LogP contribution in [0.2, 0.25) is 0 Å². The number of esters is 1. The highest BCUT2D eigenvalue weighted by Gasteiger charge is 1.94. The minimum Gasteiger partial charge on any atom is -0.481 e. The number of aliphatic carboxylic acids is 1. The Balaban J connectivity index is 0. The first-order valence-corrected chi connectivity index (χ1v) is 4.25. The van der Waals surface area contributed by atoms with Crippen molar-refractivity contribution in [3.63, 3.8) is 0 Å². The summed E-state index contributed by atoms with van der Waals surface area (Å²) in [4.78, 5) is 19.5. The van der Waals surface area contributed by atoms with E-state index in [-0.39, 0.29) is 12.4 Å². The fourth-order valence-corrected chi connectivity index (χ4v) is 0.284. The summed E-state index contributed by atoms with van der Waals surface area (Å²) in [6.07, 6.45) is 0.222. The second kappa shape index (κ2) is 9.03. The molecule has 4 nitrogen and oxygen atoms in total. The van der Waals surface area contributed by atoms with Crippen LogP contribution in [0, 0.1) is 5.92 Å². The Morgan fingerprint density at radius 1 is 1.38 bits per heavy atom. The largest absolute Gasteiger partial charge is 0.481 e. The number of ether oxygens (including phenoxy) is 1. The molecular formula is C9H18O4. The van der Waals surface area contributed by atoms with Crippen LogP contribution in [0.3, 0.4) is 0 Å². The molecule has 0 aromatic rings. The molecule has 0 aliphatic heterocycles. The van der Waals surface area contributed by atoms with Crippen LogP contribution in [0.25, 0.3) is 0 Å². The zero-order valence-electron chi connectivity index (χ0n) is 8.66. The van der Waals surface area contributed by atoms with Crippen LogP contribution in [0.4, 0.5) is 0 Å². The third-order valence-electron chi connectivity index (χ3n) is 0.922. The van der Waals surface area contributed by atoms with Crippen LogP contribution in [0.5, 0.6) is 0 Å². The molecule has 0 heterocycles. The van der Waals surface area contributed by atoms with Crippen LogP contribution >= 0.6 is 0 Å². The molecule has 0 amide bonds. The standard InChI is InChI=1S/C6H12O2.C3H6O2/c1-5(2)4-8-6(3)7;1-2-3(4)5/h5H,4H2,1-3H3;2H2,1H3,(H,4,5). The van der Waals surface area contributed by atoms with Crippen molar-refractivity contribution in [2.75, 3.05) is 6.61 Å². The average molecular weight is 190 g/mol. The molecule has 0 rings (SSSR count). The third kappa shape index (κ3) is 24.8. The maximum absolute atomic E-state index is 10.1. The molecule has 1 N–H and O–H groups in total. The van der Waals surface area contributed by atoms with Gasteiger partial charge in [0, 0.05) is 13.3 Å². The molecule has 0 aromatic heterocycles. The van der Waals surface area contributed by atoms with Gasteiger partial charge in [-0.3, -0.25) is 9.59 Å². The lowest BCUT2D eigenvalue weighted by Crippen LogP contribution is -2.05. The maximum atomic E-state index is 10.1. The number of carboxylic acid groups (broad SMARTS) is 1. The smallest absolute Gasteiger partial charge is 0.303 e. The summed E-state index contributed by atoms with van der Waals surface area (Å²) in [6, 6.07) is 0. The van der Waals surface area contributed by atoms with E-state index in [4.69, 9.17) is 5.11 Å². The molecule has 4 heteroatoms. The van der Waals surface area contributed by atoms with E-state index < -0.39 is 5.97 Å². The summed E-state index contributed by atoms with van der Waals surface area (Å²) in [7, 11) is 0. The van der Waals surface area contributed by atoms with Gasteiger partial charge in [0.1, 0.15) is 0 Å². The number of carbonyl (C=O) groups is 2. The van der Waals surface area contributed by atoms with Gasteiger partial charge in [0.2, 0.25) is 0 Å². The molecule has 0 unspecified atom stereocenters. The lowest BCUT2D eigenvalue weighted by atomic mass is 10.2. The van der Waals surface area contributed by atoms with Crippen LogP contribution in [-0.4, -0.2) is 23.7 Å². The topological polar surface area (TPSA) is 63.6 Å². The van der Waals surface area contributed by atoms with Gasteiger partial charge in [0.15, 0.2) is 0 Å². The van der Waals surface area contributed by atoms with Gasteiger partial charge in [-0.05, 0) is 5.92 Å². The number of hydrogen-bond acceptors (Lipinski definition) is 3. The first-order valence-electron chi connectivity index (χ1n) is 4.25. The van der Waals surface area contributed by atoms with Gasteiger partial charge in [-0.2, -0.15) is 0 Å². The molecule has 0 aromatic carbocycles. The third-order valence-corrected chi connectivity index (χ3v) is 0.922. The van der Waals surface area contributed by atoms with Crippen molar-refractivity contribution in [3.8, 4) is 0 Å². The van der Waals surface area contributed by atoms with Gasteiger partial charge in [-0.25, -0.2) is 0 Å². The van der Waals surface area contributed by atoms with Gasteiger partial charge < -0.3 is 9.84 Å². The molecule has 13 heavy (non-hydrogen) atoms. The molecule has 0 atom stereocenters. The normalized spacial score (nSPS) is 8.69. The Labute approximate surface area is 78.9 Å². The first-order chi connectivity index (χ1) is 5.90. The van der Waals surface area contributed by atoms with Crippen molar-refractivity contribution in [3.05, 3.63) is 0 Å². The van der Waals surface area contributed by atoms with Crippen molar-refractivity contribution in [2.45, 2.75) is 34.1 Å². The van der Waals surface area contributed by atoms with Crippen molar-refractivity contribution in [1.82, 2.24) is 0 Å². The summed E-state index contributed by atoms with van der Waals surface area (Å²) in [5, 5.41) is 7.72. The quantitative estimate of drug-likeness (QED) is 0.688.